The Labute approximate surface area is 120 Å². The predicted molar refractivity (Wildman–Crippen MR) is 81.9 cm³/mol. The molecule has 0 aromatic heterocycles. The minimum atomic E-state index is -0.388. The molecule has 0 saturated heterocycles. The van der Waals surface area contributed by atoms with Crippen molar-refractivity contribution in [3.05, 3.63) is 23.8 Å². The molecule has 1 aromatic rings. The van der Waals surface area contributed by atoms with E-state index < -0.39 is 0 Å². The Morgan fingerprint density at radius 2 is 2.25 bits per heavy atom. The van der Waals surface area contributed by atoms with E-state index in [9.17, 15) is 4.79 Å². The summed E-state index contributed by atoms with van der Waals surface area (Å²) in [7, 11) is 1.37. The fourth-order valence-electron chi connectivity index (χ4n) is 2.96. The van der Waals surface area contributed by atoms with Gasteiger partial charge in [0.2, 0.25) is 0 Å². The molecule has 3 N–H and O–H groups in total. The van der Waals surface area contributed by atoms with Gasteiger partial charge in [0.15, 0.2) is 0 Å². The molecule has 20 heavy (non-hydrogen) atoms. The highest BCUT2D eigenvalue weighted by Crippen LogP contribution is 2.29. The van der Waals surface area contributed by atoms with E-state index >= 15 is 0 Å². The molecule has 110 valence electrons. The summed E-state index contributed by atoms with van der Waals surface area (Å²) in [5, 5.41) is 3.53. The molecular weight excluding hydrogens is 252 g/mol. The third kappa shape index (κ3) is 3.44. The van der Waals surface area contributed by atoms with Crippen LogP contribution in [0.15, 0.2) is 18.2 Å². The summed E-state index contributed by atoms with van der Waals surface area (Å²) in [5.41, 5.74) is 7.65. The van der Waals surface area contributed by atoms with Crippen molar-refractivity contribution in [2.75, 3.05) is 18.2 Å². The highest BCUT2D eigenvalue weighted by atomic mass is 16.5. The lowest BCUT2D eigenvalue weighted by Gasteiger charge is -2.30. The van der Waals surface area contributed by atoms with Crippen molar-refractivity contribution in [3.8, 4) is 0 Å². The number of nitrogens with one attached hydrogen (secondary N) is 1. The summed E-state index contributed by atoms with van der Waals surface area (Å²) in [6.45, 7) is 2.26. The number of hydrogen-bond acceptors (Lipinski definition) is 4. The number of nitrogen functional groups attached to an aromatic ring is 1. The van der Waals surface area contributed by atoms with Crippen LogP contribution in [0.25, 0.3) is 0 Å². The first-order valence-electron chi connectivity index (χ1n) is 7.38. The van der Waals surface area contributed by atoms with Gasteiger partial charge in [-0.2, -0.15) is 0 Å². The molecule has 1 saturated carbocycles. The summed E-state index contributed by atoms with van der Waals surface area (Å²) in [4.78, 5) is 11.6. The van der Waals surface area contributed by atoms with Gasteiger partial charge in [-0.1, -0.05) is 26.2 Å². The molecule has 4 nitrogen and oxygen atoms in total. The van der Waals surface area contributed by atoms with Gasteiger partial charge in [0, 0.05) is 17.4 Å². The molecular formula is C16H24N2O2. The highest BCUT2D eigenvalue weighted by molar-refractivity contribution is 5.96. The van der Waals surface area contributed by atoms with Gasteiger partial charge in [-0.15, -0.1) is 0 Å². The van der Waals surface area contributed by atoms with Gasteiger partial charge < -0.3 is 15.8 Å². The van der Waals surface area contributed by atoms with Gasteiger partial charge in [-0.05, 0) is 37.0 Å². The van der Waals surface area contributed by atoms with Crippen molar-refractivity contribution in [1.82, 2.24) is 0 Å². The van der Waals surface area contributed by atoms with Gasteiger partial charge >= 0.3 is 5.97 Å². The molecule has 1 fully saturated rings. The fourth-order valence-corrected chi connectivity index (χ4v) is 2.96. The Morgan fingerprint density at radius 3 is 2.95 bits per heavy atom. The molecule has 2 atom stereocenters. The number of rotatable bonds is 4. The van der Waals surface area contributed by atoms with E-state index in [4.69, 9.17) is 10.5 Å². The van der Waals surface area contributed by atoms with Gasteiger partial charge in [-0.3, -0.25) is 0 Å². The SMILES string of the molecule is CCC1CCCC(Nc2ccc(N)c(C(=O)OC)c2)C1. The zero-order valence-corrected chi connectivity index (χ0v) is 12.3. The number of benzene rings is 1. The first-order chi connectivity index (χ1) is 9.63. The second-order valence-electron chi connectivity index (χ2n) is 5.58. The summed E-state index contributed by atoms with van der Waals surface area (Å²) < 4.78 is 4.75. The van der Waals surface area contributed by atoms with E-state index in [0.29, 0.717) is 17.3 Å². The Kier molecular flexibility index (Phi) is 4.88. The van der Waals surface area contributed by atoms with Gasteiger partial charge in [0.1, 0.15) is 0 Å². The summed E-state index contributed by atoms with van der Waals surface area (Å²) in [5.74, 6) is 0.427. The number of carbonyl (C=O) groups is 1. The van der Waals surface area contributed by atoms with E-state index in [0.717, 1.165) is 11.6 Å². The van der Waals surface area contributed by atoms with Crippen LogP contribution in [0.3, 0.4) is 0 Å². The van der Waals surface area contributed by atoms with Crippen molar-refractivity contribution < 1.29 is 9.53 Å². The largest absolute Gasteiger partial charge is 0.465 e. The number of ether oxygens (including phenoxy) is 1. The van der Waals surface area contributed by atoms with Gasteiger partial charge in [0.05, 0.1) is 12.7 Å². The molecule has 2 rings (SSSR count). The zero-order chi connectivity index (χ0) is 14.5. The Balaban J connectivity index is 2.07. The maximum atomic E-state index is 11.6. The second kappa shape index (κ2) is 6.64. The van der Waals surface area contributed by atoms with Crippen LogP contribution < -0.4 is 11.1 Å². The molecule has 0 radical (unpaired) electrons. The van der Waals surface area contributed by atoms with Crippen LogP contribution >= 0.6 is 0 Å². The van der Waals surface area contributed by atoms with E-state index in [1.165, 1.54) is 39.2 Å². The molecule has 2 unspecified atom stereocenters. The van der Waals surface area contributed by atoms with Gasteiger partial charge in [0.25, 0.3) is 0 Å². The highest BCUT2D eigenvalue weighted by Gasteiger charge is 2.21. The third-order valence-electron chi connectivity index (χ3n) is 4.19. The predicted octanol–water partition coefficient (Wildman–Crippen LogP) is 3.44. The molecule has 0 heterocycles. The quantitative estimate of drug-likeness (QED) is 0.653. The van der Waals surface area contributed by atoms with Crippen LogP contribution in [-0.2, 0) is 4.74 Å². The van der Waals surface area contributed by atoms with Crippen LogP contribution in [0.1, 0.15) is 49.4 Å². The molecule has 0 spiro atoms. The van der Waals surface area contributed by atoms with Crippen molar-refractivity contribution in [3.63, 3.8) is 0 Å². The number of nitrogens with two attached hydrogens (primary N) is 1. The fraction of sp³-hybridized carbons (Fsp3) is 0.562. The number of carbonyl (C=O) groups excluding carboxylic acids is 1. The number of hydrogen-bond donors (Lipinski definition) is 2. The summed E-state index contributed by atoms with van der Waals surface area (Å²) in [6.07, 6.45) is 6.25. The summed E-state index contributed by atoms with van der Waals surface area (Å²) in [6, 6.07) is 5.96. The standard InChI is InChI=1S/C16H24N2O2/c1-3-11-5-4-6-12(9-11)18-13-7-8-15(17)14(10-13)16(19)20-2/h7-8,10-12,18H,3-6,9,17H2,1-2H3. The number of anilines is 2. The van der Waals surface area contributed by atoms with E-state index in [2.05, 4.69) is 12.2 Å². The van der Waals surface area contributed by atoms with Crippen molar-refractivity contribution in [1.29, 1.82) is 0 Å². The molecule has 1 aromatic carbocycles. The topological polar surface area (TPSA) is 64.3 Å². The minimum Gasteiger partial charge on any atom is -0.465 e. The zero-order valence-electron chi connectivity index (χ0n) is 12.3. The lowest BCUT2D eigenvalue weighted by Crippen LogP contribution is -2.27. The average Bonchev–Trinajstić information content (AvgIpc) is 2.48. The van der Waals surface area contributed by atoms with Gasteiger partial charge in [-0.25, -0.2) is 4.79 Å². The smallest absolute Gasteiger partial charge is 0.340 e. The van der Waals surface area contributed by atoms with E-state index in [-0.39, 0.29) is 5.97 Å². The monoisotopic (exact) mass is 276 g/mol. The molecule has 0 bridgehead atoms. The van der Waals surface area contributed by atoms with Crippen LogP contribution in [0, 0.1) is 5.92 Å². The lowest BCUT2D eigenvalue weighted by atomic mass is 9.84. The van der Waals surface area contributed by atoms with E-state index in [1.807, 2.05) is 6.07 Å². The third-order valence-corrected chi connectivity index (χ3v) is 4.19. The van der Waals surface area contributed by atoms with Crippen LogP contribution in [0.4, 0.5) is 11.4 Å². The Morgan fingerprint density at radius 1 is 1.45 bits per heavy atom. The van der Waals surface area contributed by atoms with Crippen LogP contribution in [0.2, 0.25) is 0 Å². The average molecular weight is 276 g/mol. The summed E-state index contributed by atoms with van der Waals surface area (Å²) >= 11 is 0. The van der Waals surface area contributed by atoms with E-state index in [1.54, 1.807) is 12.1 Å². The maximum absolute atomic E-state index is 11.6. The van der Waals surface area contributed by atoms with Crippen molar-refractivity contribution in [2.24, 2.45) is 5.92 Å². The number of esters is 1. The van der Waals surface area contributed by atoms with Crippen LogP contribution in [-0.4, -0.2) is 19.1 Å². The van der Waals surface area contributed by atoms with Crippen LogP contribution in [0.5, 0.6) is 0 Å². The molecule has 0 aliphatic heterocycles. The minimum absolute atomic E-state index is 0.388. The van der Waals surface area contributed by atoms with Crippen molar-refractivity contribution in [2.45, 2.75) is 45.1 Å². The van der Waals surface area contributed by atoms with Crippen molar-refractivity contribution >= 4 is 17.3 Å². The Bertz CT molecular complexity index is 474. The Hall–Kier alpha value is -1.71. The first kappa shape index (κ1) is 14.7. The molecule has 1 aliphatic carbocycles. The lowest BCUT2D eigenvalue weighted by molar-refractivity contribution is 0.0602. The molecule has 4 heteroatoms. The molecule has 0 amide bonds. The molecule has 1 aliphatic rings. The second-order valence-corrected chi connectivity index (χ2v) is 5.58. The first-order valence-corrected chi connectivity index (χ1v) is 7.38. The number of methoxy groups -OCH3 is 1. The normalized spacial score (nSPS) is 22.3. The maximum Gasteiger partial charge on any atom is 0.340 e.